The van der Waals surface area contributed by atoms with Crippen LogP contribution < -0.4 is 10.6 Å². The zero-order valence-corrected chi connectivity index (χ0v) is 15.4. The van der Waals surface area contributed by atoms with Gasteiger partial charge in [-0.15, -0.1) is 30.6 Å². The Hall–Kier alpha value is -0.300. The van der Waals surface area contributed by atoms with Crippen molar-refractivity contribution in [3.63, 3.8) is 0 Å². The van der Waals surface area contributed by atoms with Gasteiger partial charge in [-0.1, -0.05) is 6.08 Å². The first-order valence-corrected chi connectivity index (χ1v) is 6.91. The van der Waals surface area contributed by atoms with E-state index in [4.69, 9.17) is 0 Å². The van der Waals surface area contributed by atoms with E-state index in [-0.39, 0.29) is 24.0 Å². The molecule has 0 amide bonds. The van der Waals surface area contributed by atoms with Gasteiger partial charge in [-0.3, -0.25) is 9.89 Å². The van der Waals surface area contributed by atoms with E-state index in [1.54, 1.807) is 0 Å². The fraction of sp³-hybridized carbons (Fsp3) is 0.786. The number of guanidine groups is 1. The van der Waals surface area contributed by atoms with Gasteiger partial charge in [0.25, 0.3) is 0 Å². The second-order valence-electron chi connectivity index (χ2n) is 4.86. The first-order valence-electron chi connectivity index (χ1n) is 6.91. The molecule has 0 rings (SSSR count). The van der Waals surface area contributed by atoms with Crippen LogP contribution in [0.1, 0.15) is 34.6 Å². The minimum absolute atomic E-state index is 0. The molecule has 0 heterocycles. The molecular weight excluding hydrogens is 351 g/mol. The van der Waals surface area contributed by atoms with Gasteiger partial charge >= 0.3 is 0 Å². The molecule has 19 heavy (non-hydrogen) atoms. The van der Waals surface area contributed by atoms with Crippen LogP contribution >= 0.6 is 24.0 Å². The van der Waals surface area contributed by atoms with Gasteiger partial charge in [0.15, 0.2) is 5.96 Å². The number of rotatable bonds is 8. The second-order valence-corrected chi connectivity index (χ2v) is 4.86. The molecule has 0 radical (unpaired) electrons. The normalized spacial score (nSPS) is 11.7. The number of nitrogens with zero attached hydrogens (tertiary/aromatic N) is 2. The highest BCUT2D eigenvalue weighted by Crippen LogP contribution is 2.03. The minimum atomic E-state index is 0. The number of hydrogen-bond acceptors (Lipinski definition) is 2. The van der Waals surface area contributed by atoms with Gasteiger partial charge in [0, 0.05) is 31.7 Å². The van der Waals surface area contributed by atoms with E-state index in [0.717, 1.165) is 32.1 Å². The number of aliphatic imine (C=N–C) groups is 1. The molecule has 0 saturated carbocycles. The number of hydrogen-bond donors (Lipinski definition) is 2. The highest BCUT2D eigenvalue weighted by Gasteiger charge is 2.12. The second kappa shape index (κ2) is 12.7. The molecule has 0 aliphatic rings. The third kappa shape index (κ3) is 10.2. The Labute approximate surface area is 136 Å². The number of halogens is 1. The summed E-state index contributed by atoms with van der Waals surface area (Å²) < 4.78 is 0. The van der Waals surface area contributed by atoms with Crippen LogP contribution in [0.2, 0.25) is 0 Å². The molecule has 0 aromatic heterocycles. The quantitative estimate of drug-likeness (QED) is 0.293. The van der Waals surface area contributed by atoms with Crippen molar-refractivity contribution >= 4 is 29.9 Å². The number of nitrogens with one attached hydrogen (secondary N) is 2. The average Bonchev–Trinajstić information content (AvgIpc) is 2.30. The lowest BCUT2D eigenvalue weighted by Crippen LogP contribution is -2.40. The molecule has 5 heteroatoms. The van der Waals surface area contributed by atoms with Crippen LogP contribution in [-0.2, 0) is 0 Å². The van der Waals surface area contributed by atoms with Crippen molar-refractivity contribution in [1.29, 1.82) is 0 Å². The predicted molar refractivity (Wildman–Crippen MR) is 96.6 cm³/mol. The Bertz CT molecular complexity index is 244. The van der Waals surface area contributed by atoms with Crippen molar-refractivity contribution in [3.8, 4) is 0 Å². The van der Waals surface area contributed by atoms with Gasteiger partial charge < -0.3 is 10.6 Å². The smallest absolute Gasteiger partial charge is 0.191 e. The lowest BCUT2D eigenvalue weighted by molar-refractivity contribution is 0.181. The van der Waals surface area contributed by atoms with Crippen molar-refractivity contribution in [2.75, 3.05) is 26.2 Å². The van der Waals surface area contributed by atoms with Crippen molar-refractivity contribution in [3.05, 3.63) is 12.7 Å². The topological polar surface area (TPSA) is 39.7 Å². The maximum atomic E-state index is 4.56. The third-order valence-electron chi connectivity index (χ3n) is 2.71. The van der Waals surface area contributed by atoms with Crippen LogP contribution in [0.3, 0.4) is 0 Å². The molecule has 0 unspecified atom stereocenters. The molecule has 0 aliphatic carbocycles. The van der Waals surface area contributed by atoms with Crippen LogP contribution in [0, 0.1) is 0 Å². The standard InChI is InChI=1S/C14H30N4.HI/c1-7-9-16-14(15-8-2)17-10-11-18(12(3)4)13(5)6;/h7,12-13H,1,8-11H2,2-6H3,(H2,15,16,17);1H. The molecule has 0 aliphatic heterocycles. The van der Waals surface area contributed by atoms with E-state index in [0.29, 0.717) is 12.1 Å². The maximum absolute atomic E-state index is 4.56. The van der Waals surface area contributed by atoms with Gasteiger partial charge in [0.2, 0.25) is 0 Å². The summed E-state index contributed by atoms with van der Waals surface area (Å²) in [6.07, 6.45) is 1.83. The van der Waals surface area contributed by atoms with E-state index in [9.17, 15) is 0 Å². The van der Waals surface area contributed by atoms with Crippen LogP contribution in [0.25, 0.3) is 0 Å². The van der Waals surface area contributed by atoms with E-state index in [2.05, 4.69) is 61.7 Å². The summed E-state index contributed by atoms with van der Waals surface area (Å²) in [7, 11) is 0. The zero-order chi connectivity index (χ0) is 14.0. The fourth-order valence-corrected chi connectivity index (χ4v) is 1.90. The van der Waals surface area contributed by atoms with Gasteiger partial charge in [-0.2, -0.15) is 0 Å². The molecule has 0 atom stereocenters. The summed E-state index contributed by atoms with van der Waals surface area (Å²) >= 11 is 0. The van der Waals surface area contributed by atoms with Gasteiger partial charge in [0.05, 0.1) is 6.54 Å². The van der Waals surface area contributed by atoms with Crippen molar-refractivity contribution in [2.45, 2.75) is 46.7 Å². The summed E-state index contributed by atoms with van der Waals surface area (Å²) in [4.78, 5) is 7.01. The molecule has 114 valence electrons. The molecule has 0 bridgehead atoms. The SMILES string of the molecule is C=CCNC(=NCCN(C(C)C)C(C)C)NCC.I. The summed E-state index contributed by atoms with van der Waals surface area (Å²) in [5, 5.41) is 6.43. The minimum Gasteiger partial charge on any atom is -0.357 e. The van der Waals surface area contributed by atoms with E-state index >= 15 is 0 Å². The molecule has 0 aromatic carbocycles. The van der Waals surface area contributed by atoms with Crippen LogP contribution in [-0.4, -0.2) is 49.1 Å². The predicted octanol–water partition coefficient (Wildman–Crippen LogP) is 2.46. The highest BCUT2D eigenvalue weighted by atomic mass is 127. The molecule has 4 nitrogen and oxygen atoms in total. The highest BCUT2D eigenvalue weighted by molar-refractivity contribution is 14.0. The van der Waals surface area contributed by atoms with Crippen molar-refractivity contribution in [2.24, 2.45) is 4.99 Å². The van der Waals surface area contributed by atoms with Crippen LogP contribution in [0.5, 0.6) is 0 Å². The molecule has 0 saturated heterocycles. The zero-order valence-electron chi connectivity index (χ0n) is 13.1. The van der Waals surface area contributed by atoms with Crippen molar-refractivity contribution in [1.82, 2.24) is 15.5 Å². The Kier molecular flexibility index (Phi) is 14.1. The molecule has 0 aromatic rings. The van der Waals surface area contributed by atoms with Gasteiger partial charge in [-0.25, -0.2) is 0 Å². The Morgan fingerprint density at radius 1 is 1.21 bits per heavy atom. The summed E-state index contributed by atoms with van der Waals surface area (Å²) in [6.45, 7) is 18.1. The average molecular weight is 382 g/mol. The fourth-order valence-electron chi connectivity index (χ4n) is 1.90. The largest absolute Gasteiger partial charge is 0.357 e. The molecular formula is C14H31IN4. The Morgan fingerprint density at radius 2 is 1.79 bits per heavy atom. The summed E-state index contributed by atoms with van der Waals surface area (Å²) in [5.74, 6) is 0.866. The molecule has 0 fully saturated rings. The lowest BCUT2D eigenvalue weighted by Gasteiger charge is -2.29. The first-order chi connectivity index (χ1) is 8.52. The van der Waals surface area contributed by atoms with Crippen LogP contribution in [0.15, 0.2) is 17.6 Å². The van der Waals surface area contributed by atoms with Gasteiger partial charge in [0.1, 0.15) is 0 Å². The Balaban J connectivity index is 0. The monoisotopic (exact) mass is 382 g/mol. The van der Waals surface area contributed by atoms with E-state index < -0.39 is 0 Å². The van der Waals surface area contributed by atoms with Crippen LogP contribution in [0.4, 0.5) is 0 Å². The van der Waals surface area contributed by atoms with Crippen molar-refractivity contribution < 1.29 is 0 Å². The molecule has 0 spiro atoms. The van der Waals surface area contributed by atoms with E-state index in [1.807, 2.05) is 6.08 Å². The molecule has 2 N–H and O–H groups in total. The summed E-state index contributed by atoms with van der Waals surface area (Å²) in [6, 6.07) is 1.12. The van der Waals surface area contributed by atoms with Gasteiger partial charge in [-0.05, 0) is 34.6 Å². The maximum Gasteiger partial charge on any atom is 0.191 e. The third-order valence-corrected chi connectivity index (χ3v) is 2.71. The summed E-state index contributed by atoms with van der Waals surface area (Å²) in [5.41, 5.74) is 0. The Morgan fingerprint density at radius 3 is 2.21 bits per heavy atom. The van der Waals surface area contributed by atoms with E-state index in [1.165, 1.54) is 0 Å². The lowest BCUT2D eigenvalue weighted by atomic mass is 10.2. The first kappa shape index (κ1) is 21.0.